The van der Waals surface area contributed by atoms with Crippen LogP contribution >= 0.6 is 11.8 Å². The fourth-order valence-corrected chi connectivity index (χ4v) is 3.90. The van der Waals surface area contributed by atoms with Gasteiger partial charge in [-0.3, -0.25) is 14.5 Å². The number of halogens is 2. The number of benzene rings is 2. The average Bonchev–Trinajstić information content (AvgIpc) is 2.94. The normalized spacial score (nSPS) is 18.0. The molecule has 0 bridgehead atoms. The number of rotatable bonds is 6. The molecule has 0 aliphatic carbocycles. The topological polar surface area (TPSA) is 61.8 Å². The van der Waals surface area contributed by atoms with Gasteiger partial charge >= 0.3 is 0 Å². The van der Waals surface area contributed by atoms with Crippen molar-refractivity contribution in [1.82, 2.24) is 4.90 Å². The number of amides is 2. The van der Waals surface area contributed by atoms with Crippen LogP contribution in [-0.2, 0) is 9.59 Å². The molecule has 1 saturated heterocycles. The Balaban J connectivity index is 1.73. The maximum atomic E-state index is 13.7. The van der Waals surface area contributed by atoms with Crippen LogP contribution in [0.5, 0.6) is 0 Å². The minimum atomic E-state index is -0.641. The number of hydrogen-bond acceptors (Lipinski definition) is 4. The molecule has 1 aliphatic heterocycles. The zero-order chi connectivity index (χ0) is 20.1. The van der Waals surface area contributed by atoms with Crippen LogP contribution in [0.2, 0.25) is 0 Å². The first-order valence-corrected chi connectivity index (χ1v) is 9.72. The molecule has 28 heavy (non-hydrogen) atoms. The molecule has 0 unspecified atom stereocenters. The highest BCUT2D eigenvalue weighted by Crippen LogP contribution is 2.32. The van der Waals surface area contributed by atoms with Crippen molar-refractivity contribution in [2.24, 2.45) is 4.99 Å². The van der Waals surface area contributed by atoms with Crippen LogP contribution in [-0.4, -0.2) is 33.7 Å². The van der Waals surface area contributed by atoms with Gasteiger partial charge in [-0.15, -0.1) is 0 Å². The van der Waals surface area contributed by atoms with Crippen LogP contribution in [0.4, 0.5) is 20.2 Å². The molecular formula is C20H19F2N3O2S. The highest BCUT2D eigenvalue weighted by molar-refractivity contribution is 8.15. The monoisotopic (exact) mass is 403 g/mol. The number of amidine groups is 1. The minimum absolute atomic E-state index is 0.0774. The Kier molecular flexibility index (Phi) is 6.41. The zero-order valence-corrected chi connectivity index (χ0v) is 16.0. The predicted octanol–water partition coefficient (Wildman–Crippen LogP) is 4.34. The lowest BCUT2D eigenvalue weighted by Crippen LogP contribution is -2.34. The van der Waals surface area contributed by atoms with Gasteiger partial charge < -0.3 is 5.32 Å². The third-order valence-electron chi connectivity index (χ3n) is 4.04. The maximum absolute atomic E-state index is 13.7. The van der Waals surface area contributed by atoms with E-state index in [1.165, 1.54) is 59.1 Å². The van der Waals surface area contributed by atoms with Crippen molar-refractivity contribution in [3.05, 3.63) is 60.2 Å². The average molecular weight is 403 g/mol. The molecule has 1 fully saturated rings. The van der Waals surface area contributed by atoms with Crippen molar-refractivity contribution < 1.29 is 18.4 Å². The molecule has 2 amide bonds. The second kappa shape index (κ2) is 8.97. The third-order valence-corrected chi connectivity index (χ3v) is 5.21. The van der Waals surface area contributed by atoms with Crippen LogP contribution in [0.3, 0.4) is 0 Å². The molecule has 5 nitrogen and oxygen atoms in total. The summed E-state index contributed by atoms with van der Waals surface area (Å²) < 4.78 is 26.8. The van der Waals surface area contributed by atoms with Gasteiger partial charge in [-0.1, -0.05) is 30.8 Å². The van der Waals surface area contributed by atoms with Crippen molar-refractivity contribution in [3.63, 3.8) is 0 Å². The highest BCUT2D eigenvalue weighted by atomic mass is 32.2. The predicted molar refractivity (Wildman–Crippen MR) is 107 cm³/mol. The summed E-state index contributed by atoms with van der Waals surface area (Å²) in [4.78, 5) is 31.0. The van der Waals surface area contributed by atoms with Crippen molar-refractivity contribution >= 4 is 40.1 Å². The summed E-state index contributed by atoms with van der Waals surface area (Å²) in [5.74, 6) is -1.56. The number of para-hydroxylation sites is 1. The van der Waals surface area contributed by atoms with Crippen LogP contribution in [0.25, 0.3) is 0 Å². The number of nitrogens with one attached hydrogen (secondary N) is 1. The fraction of sp³-hybridized carbons (Fsp3) is 0.250. The third kappa shape index (κ3) is 4.75. The summed E-state index contributed by atoms with van der Waals surface area (Å²) >= 11 is 1.19. The van der Waals surface area contributed by atoms with E-state index in [9.17, 15) is 18.4 Å². The first-order chi connectivity index (χ1) is 13.5. The summed E-state index contributed by atoms with van der Waals surface area (Å²) in [5, 5.41) is 2.33. The summed E-state index contributed by atoms with van der Waals surface area (Å²) in [6, 6.07) is 11.5. The van der Waals surface area contributed by atoms with E-state index in [0.717, 1.165) is 6.42 Å². The van der Waals surface area contributed by atoms with E-state index in [4.69, 9.17) is 0 Å². The number of nitrogens with zero attached hydrogens (tertiary/aromatic N) is 2. The second-order valence-corrected chi connectivity index (χ2v) is 7.37. The Bertz CT molecular complexity index is 903. The Morgan fingerprint density at radius 3 is 2.57 bits per heavy atom. The second-order valence-electron chi connectivity index (χ2n) is 6.20. The Hall–Kier alpha value is -2.74. The summed E-state index contributed by atoms with van der Waals surface area (Å²) in [5.41, 5.74) is 0.600. The Morgan fingerprint density at radius 1 is 1.18 bits per heavy atom. The largest absolute Gasteiger partial charge is 0.324 e. The SMILES string of the molecule is CCCN1C(=O)[C@@H](CC(=O)Nc2ccccc2F)SC1=Nc1ccc(F)cc1. The van der Waals surface area contributed by atoms with Gasteiger partial charge in [0, 0.05) is 13.0 Å². The molecule has 2 aromatic rings. The van der Waals surface area contributed by atoms with Crippen molar-refractivity contribution in [2.45, 2.75) is 25.0 Å². The fourth-order valence-electron chi connectivity index (χ4n) is 2.71. The molecule has 1 aliphatic rings. The van der Waals surface area contributed by atoms with E-state index in [0.29, 0.717) is 17.4 Å². The lowest BCUT2D eigenvalue weighted by molar-refractivity contribution is -0.128. The lowest BCUT2D eigenvalue weighted by Gasteiger charge is -2.15. The van der Waals surface area contributed by atoms with Gasteiger partial charge in [0.15, 0.2) is 5.17 Å². The summed E-state index contributed by atoms with van der Waals surface area (Å²) in [7, 11) is 0. The minimum Gasteiger partial charge on any atom is -0.324 e. The number of aliphatic imine (C=N–C) groups is 1. The molecular weight excluding hydrogens is 384 g/mol. The van der Waals surface area contributed by atoms with Crippen LogP contribution in [0.15, 0.2) is 53.5 Å². The first kappa shape index (κ1) is 20.0. The number of anilines is 1. The van der Waals surface area contributed by atoms with E-state index in [1.807, 2.05) is 6.92 Å². The van der Waals surface area contributed by atoms with Gasteiger partial charge in [-0.2, -0.15) is 0 Å². The number of carbonyl (C=O) groups is 2. The molecule has 2 aromatic carbocycles. The molecule has 0 radical (unpaired) electrons. The zero-order valence-electron chi connectivity index (χ0n) is 15.2. The maximum Gasteiger partial charge on any atom is 0.242 e. The van der Waals surface area contributed by atoms with Gasteiger partial charge in [-0.05, 0) is 42.8 Å². The Labute approximate surface area is 165 Å². The molecule has 0 aromatic heterocycles. The Morgan fingerprint density at radius 2 is 1.89 bits per heavy atom. The van der Waals surface area contributed by atoms with Crippen molar-refractivity contribution in [2.75, 3.05) is 11.9 Å². The van der Waals surface area contributed by atoms with Gasteiger partial charge in [0.1, 0.15) is 16.9 Å². The van der Waals surface area contributed by atoms with Gasteiger partial charge in [0.25, 0.3) is 0 Å². The number of hydrogen-bond donors (Lipinski definition) is 1. The summed E-state index contributed by atoms with van der Waals surface area (Å²) in [6.45, 7) is 2.41. The van der Waals surface area contributed by atoms with Gasteiger partial charge in [-0.25, -0.2) is 13.8 Å². The molecule has 1 heterocycles. The lowest BCUT2D eigenvalue weighted by atomic mass is 10.2. The smallest absolute Gasteiger partial charge is 0.242 e. The van der Waals surface area contributed by atoms with E-state index >= 15 is 0 Å². The molecule has 0 spiro atoms. The summed E-state index contributed by atoms with van der Waals surface area (Å²) in [6.07, 6.45) is 0.628. The van der Waals surface area contributed by atoms with Gasteiger partial charge in [0.05, 0.1) is 11.4 Å². The standard InChI is InChI=1S/C20H19F2N3O2S/c1-2-11-25-19(27)17(12-18(26)24-16-6-4-3-5-15(16)22)28-20(25)23-14-9-7-13(21)8-10-14/h3-10,17H,2,11-12H2,1H3,(H,24,26)/t17-/m1/s1. The molecule has 146 valence electrons. The van der Waals surface area contributed by atoms with Crippen LogP contribution in [0.1, 0.15) is 19.8 Å². The number of carbonyl (C=O) groups excluding carboxylic acids is 2. The van der Waals surface area contributed by atoms with Gasteiger partial charge in [0.2, 0.25) is 11.8 Å². The van der Waals surface area contributed by atoms with Crippen molar-refractivity contribution in [1.29, 1.82) is 0 Å². The molecule has 1 N–H and O–H groups in total. The van der Waals surface area contributed by atoms with E-state index < -0.39 is 17.0 Å². The quantitative estimate of drug-likeness (QED) is 0.781. The van der Waals surface area contributed by atoms with E-state index in [-0.39, 0.29) is 23.8 Å². The highest BCUT2D eigenvalue weighted by Gasteiger charge is 2.38. The molecule has 8 heteroatoms. The van der Waals surface area contributed by atoms with Crippen LogP contribution in [0, 0.1) is 11.6 Å². The molecule has 1 atom stereocenters. The number of thioether (sulfide) groups is 1. The van der Waals surface area contributed by atoms with E-state index in [2.05, 4.69) is 10.3 Å². The van der Waals surface area contributed by atoms with Crippen LogP contribution < -0.4 is 5.32 Å². The molecule has 0 saturated carbocycles. The van der Waals surface area contributed by atoms with E-state index in [1.54, 1.807) is 6.07 Å². The first-order valence-electron chi connectivity index (χ1n) is 8.84. The van der Waals surface area contributed by atoms with Crippen molar-refractivity contribution in [3.8, 4) is 0 Å². The molecule has 3 rings (SSSR count).